The van der Waals surface area contributed by atoms with Crippen molar-refractivity contribution in [3.63, 3.8) is 0 Å². The molecule has 3 aromatic heterocycles. The van der Waals surface area contributed by atoms with Crippen LogP contribution in [0.15, 0.2) is 39.0 Å². The molecule has 0 bridgehead atoms. The van der Waals surface area contributed by atoms with Crippen molar-refractivity contribution in [1.82, 2.24) is 9.88 Å². The van der Waals surface area contributed by atoms with Gasteiger partial charge in [-0.3, -0.25) is 14.9 Å². The van der Waals surface area contributed by atoms with Crippen LogP contribution < -0.4 is 5.32 Å². The molecule has 0 aliphatic carbocycles. The van der Waals surface area contributed by atoms with E-state index < -0.39 is 0 Å². The minimum Gasteiger partial charge on any atom is -0.469 e. The molecule has 8 heteroatoms. The van der Waals surface area contributed by atoms with Crippen molar-refractivity contribution in [2.45, 2.75) is 19.9 Å². The molecule has 0 fully saturated rings. The van der Waals surface area contributed by atoms with Gasteiger partial charge >= 0.3 is 0 Å². The number of hydrogen-bond acceptors (Lipinski definition) is 6. The van der Waals surface area contributed by atoms with E-state index in [2.05, 4.69) is 10.3 Å². The number of nitrogens with one attached hydrogen (secondary N) is 1. The Labute approximate surface area is 153 Å². The summed E-state index contributed by atoms with van der Waals surface area (Å²) < 4.78 is 5.12. The summed E-state index contributed by atoms with van der Waals surface area (Å²) in [5.41, 5.74) is 2.23. The van der Waals surface area contributed by atoms with E-state index >= 15 is 0 Å². The maximum atomic E-state index is 12.3. The zero-order chi connectivity index (χ0) is 17.8. The molecule has 3 aromatic rings. The molecule has 0 atom stereocenters. The highest BCUT2D eigenvalue weighted by Gasteiger charge is 2.16. The standard InChI is InChI=1S/C17H17N3O3S2/c1-11-14(3-5-23-11)16(22)19-17-18-13(10-25-17)7-15(21)20(2)8-12-4-6-24-9-12/h3-6,9-10H,7-8H2,1-2H3,(H,18,19,22). The quantitative estimate of drug-likeness (QED) is 0.715. The lowest BCUT2D eigenvalue weighted by molar-refractivity contribution is -0.129. The molecule has 2 amide bonds. The Hall–Kier alpha value is -2.45. The number of aryl methyl sites for hydroxylation is 1. The zero-order valence-electron chi connectivity index (χ0n) is 13.8. The monoisotopic (exact) mass is 375 g/mol. The van der Waals surface area contributed by atoms with Crippen LogP contribution in [0, 0.1) is 6.92 Å². The Kier molecular flexibility index (Phi) is 5.30. The van der Waals surface area contributed by atoms with Gasteiger partial charge in [-0.25, -0.2) is 4.98 Å². The van der Waals surface area contributed by atoms with Gasteiger partial charge in [-0.05, 0) is 35.4 Å². The topological polar surface area (TPSA) is 75.4 Å². The van der Waals surface area contributed by atoms with E-state index in [0.717, 1.165) is 5.56 Å². The Balaban J connectivity index is 1.57. The number of anilines is 1. The summed E-state index contributed by atoms with van der Waals surface area (Å²) in [6, 6.07) is 3.62. The average molecular weight is 375 g/mol. The van der Waals surface area contributed by atoms with Gasteiger partial charge in [0.2, 0.25) is 5.91 Å². The van der Waals surface area contributed by atoms with E-state index in [0.29, 0.717) is 28.7 Å². The summed E-state index contributed by atoms with van der Waals surface area (Å²) >= 11 is 2.91. The van der Waals surface area contributed by atoms with Crippen molar-refractivity contribution in [1.29, 1.82) is 0 Å². The van der Waals surface area contributed by atoms with Gasteiger partial charge in [0.15, 0.2) is 5.13 Å². The Morgan fingerprint density at radius 1 is 1.32 bits per heavy atom. The number of carbonyl (C=O) groups excluding carboxylic acids is 2. The molecule has 0 saturated carbocycles. The number of thiazole rings is 1. The molecular formula is C17H17N3O3S2. The lowest BCUT2D eigenvalue weighted by Gasteiger charge is -2.15. The second-order valence-corrected chi connectivity index (χ2v) is 7.18. The van der Waals surface area contributed by atoms with Gasteiger partial charge in [-0.1, -0.05) is 0 Å². The summed E-state index contributed by atoms with van der Waals surface area (Å²) in [6.45, 7) is 2.31. The molecular weight excluding hydrogens is 358 g/mol. The Bertz CT molecular complexity index is 867. The van der Waals surface area contributed by atoms with E-state index in [1.54, 1.807) is 41.7 Å². The molecule has 25 heavy (non-hydrogen) atoms. The van der Waals surface area contributed by atoms with Crippen molar-refractivity contribution in [2.24, 2.45) is 0 Å². The normalized spacial score (nSPS) is 10.6. The third-order valence-corrected chi connectivity index (χ3v) is 5.17. The predicted molar refractivity (Wildman–Crippen MR) is 98.0 cm³/mol. The maximum absolute atomic E-state index is 12.3. The van der Waals surface area contributed by atoms with Crippen LogP contribution in [0.4, 0.5) is 5.13 Å². The number of nitrogens with zero attached hydrogens (tertiary/aromatic N) is 2. The number of thiophene rings is 1. The lowest BCUT2D eigenvalue weighted by Crippen LogP contribution is -2.27. The van der Waals surface area contributed by atoms with Gasteiger partial charge in [0.1, 0.15) is 5.76 Å². The Morgan fingerprint density at radius 2 is 2.16 bits per heavy atom. The van der Waals surface area contributed by atoms with Crippen molar-refractivity contribution in [2.75, 3.05) is 12.4 Å². The van der Waals surface area contributed by atoms with Crippen molar-refractivity contribution in [3.05, 3.63) is 57.1 Å². The maximum Gasteiger partial charge on any atom is 0.260 e. The van der Waals surface area contributed by atoms with Crippen LogP contribution in [0.3, 0.4) is 0 Å². The average Bonchev–Trinajstić information content (AvgIpc) is 3.30. The number of aromatic nitrogens is 1. The number of amides is 2. The van der Waals surface area contributed by atoms with Crippen LogP contribution in [0.2, 0.25) is 0 Å². The van der Waals surface area contributed by atoms with Crippen LogP contribution in [0.25, 0.3) is 0 Å². The molecule has 3 heterocycles. The molecule has 0 aromatic carbocycles. The lowest BCUT2D eigenvalue weighted by atomic mass is 10.2. The van der Waals surface area contributed by atoms with Gasteiger partial charge in [0.05, 0.1) is 23.9 Å². The molecule has 0 aliphatic heterocycles. The first kappa shape index (κ1) is 17.4. The van der Waals surface area contributed by atoms with E-state index in [9.17, 15) is 9.59 Å². The highest BCUT2D eigenvalue weighted by Crippen LogP contribution is 2.19. The fraction of sp³-hybridized carbons (Fsp3) is 0.235. The first-order valence-corrected chi connectivity index (χ1v) is 9.40. The van der Waals surface area contributed by atoms with Crippen molar-refractivity contribution >= 4 is 39.6 Å². The van der Waals surface area contributed by atoms with Gasteiger partial charge in [0.25, 0.3) is 5.91 Å². The molecule has 1 N–H and O–H groups in total. The van der Waals surface area contributed by atoms with E-state index in [-0.39, 0.29) is 18.2 Å². The molecule has 3 rings (SSSR count). The number of carbonyl (C=O) groups is 2. The highest BCUT2D eigenvalue weighted by atomic mass is 32.1. The van der Waals surface area contributed by atoms with Crippen molar-refractivity contribution in [3.8, 4) is 0 Å². The first-order valence-electron chi connectivity index (χ1n) is 7.58. The summed E-state index contributed by atoms with van der Waals surface area (Å²) in [5, 5.41) is 9.00. The number of hydrogen-bond donors (Lipinski definition) is 1. The van der Waals surface area contributed by atoms with Crippen LogP contribution in [-0.2, 0) is 17.8 Å². The molecule has 6 nitrogen and oxygen atoms in total. The molecule has 0 radical (unpaired) electrons. The molecule has 0 spiro atoms. The SMILES string of the molecule is Cc1occc1C(=O)Nc1nc(CC(=O)N(C)Cc2ccsc2)cs1. The second kappa shape index (κ2) is 7.62. The first-order chi connectivity index (χ1) is 12.0. The summed E-state index contributed by atoms with van der Waals surface area (Å²) in [7, 11) is 1.77. The van der Waals surface area contributed by atoms with Crippen LogP contribution in [0.5, 0.6) is 0 Å². The largest absolute Gasteiger partial charge is 0.469 e. The fourth-order valence-electron chi connectivity index (χ4n) is 2.27. The third kappa shape index (κ3) is 4.34. The predicted octanol–water partition coefficient (Wildman–Crippen LogP) is 3.56. The number of furan rings is 1. The summed E-state index contributed by atoms with van der Waals surface area (Å²) in [4.78, 5) is 30.4. The Morgan fingerprint density at radius 3 is 2.84 bits per heavy atom. The summed E-state index contributed by atoms with van der Waals surface area (Å²) in [6.07, 6.45) is 1.68. The van der Waals surface area contributed by atoms with Gasteiger partial charge in [-0.2, -0.15) is 11.3 Å². The second-order valence-electron chi connectivity index (χ2n) is 5.55. The van der Waals surface area contributed by atoms with E-state index in [1.165, 1.54) is 17.6 Å². The number of likely N-dealkylation sites (N-methyl/N-ethyl adjacent to an activating group) is 1. The van der Waals surface area contributed by atoms with Crippen molar-refractivity contribution < 1.29 is 14.0 Å². The van der Waals surface area contributed by atoms with Gasteiger partial charge < -0.3 is 9.32 Å². The molecule has 0 saturated heterocycles. The number of rotatable bonds is 6. The van der Waals surface area contributed by atoms with Crippen LogP contribution in [-0.4, -0.2) is 28.7 Å². The van der Waals surface area contributed by atoms with Gasteiger partial charge in [0, 0.05) is 19.0 Å². The van der Waals surface area contributed by atoms with E-state index in [1.807, 2.05) is 16.8 Å². The summed E-state index contributed by atoms with van der Waals surface area (Å²) in [5.74, 6) is 0.271. The molecule has 0 unspecified atom stereocenters. The smallest absolute Gasteiger partial charge is 0.260 e. The molecule has 130 valence electrons. The zero-order valence-corrected chi connectivity index (χ0v) is 15.4. The minimum atomic E-state index is -0.270. The highest BCUT2D eigenvalue weighted by molar-refractivity contribution is 7.14. The van der Waals surface area contributed by atoms with E-state index in [4.69, 9.17) is 4.42 Å². The minimum absolute atomic E-state index is 0.0138. The van der Waals surface area contributed by atoms with Gasteiger partial charge in [-0.15, -0.1) is 11.3 Å². The van der Waals surface area contributed by atoms with Crippen LogP contribution >= 0.6 is 22.7 Å². The third-order valence-electron chi connectivity index (χ3n) is 3.63. The molecule has 0 aliphatic rings. The fourth-order valence-corrected chi connectivity index (χ4v) is 3.63. The van der Waals surface area contributed by atoms with Crippen LogP contribution in [0.1, 0.15) is 27.4 Å².